The van der Waals surface area contributed by atoms with Crippen molar-refractivity contribution >= 4 is 59.3 Å². The molecule has 0 atom stereocenters. The molecule has 0 radical (unpaired) electrons. The van der Waals surface area contributed by atoms with Crippen LogP contribution in [-0.2, 0) is 5.41 Å². The normalized spacial score (nSPS) is 13.1. The molecule has 1 nitrogen and oxygen atoms in total. The Hall–Kier alpha value is -5.96. The maximum Gasteiger partial charge on any atom is 0.0640 e. The Morgan fingerprint density at radius 2 is 1.00 bits per heavy atom. The smallest absolute Gasteiger partial charge is 0.0640 e. The summed E-state index contributed by atoms with van der Waals surface area (Å²) in [6.07, 6.45) is 0. The zero-order valence-electron chi connectivity index (χ0n) is 28.6. The van der Waals surface area contributed by atoms with Crippen molar-refractivity contribution in [1.29, 1.82) is 0 Å². The molecule has 9 aromatic rings. The Morgan fingerprint density at radius 1 is 0.412 bits per heavy atom. The number of thiophene rings is 1. The predicted octanol–water partition coefficient (Wildman–Crippen LogP) is 14.3. The number of rotatable bonds is 5. The van der Waals surface area contributed by atoms with Crippen LogP contribution < -0.4 is 4.90 Å². The minimum absolute atomic E-state index is 0.0289. The number of benzene rings is 8. The number of hydrogen-bond acceptors (Lipinski definition) is 2. The highest BCUT2D eigenvalue weighted by molar-refractivity contribution is 7.27. The van der Waals surface area contributed by atoms with Crippen LogP contribution in [0.25, 0.3) is 64.3 Å². The Labute approximate surface area is 302 Å². The standard InChI is InChI=1S/C49H35NS/c1-49(2)43-19-9-8-16-42(43)46-38(17-10-20-44(46)49)35-24-29-37(30-25-35)50(36-27-22-33(23-28-36)32-12-4-3-5-13-32)45-21-11-18-40-41-31-26-34-14-6-7-15-39(34)47(41)51-48(40)45/h3-31H,1-2H3. The fourth-order valence-corrected chi connectivity index (χ4v) is 9.67. The summed E-state index contributed by atoms with van der Waals surface area (Å²) in [5.74, 6) is 0. The van der Waals surface area contributed by atoms with E-state index in [0.29, 0.717) is 0 Å². The maximum atomic E-state index is 2.44. The van der Waals surface area contributed by atoms with Gasteiger partial charge in [0.05, 0.1) is 10.4 Å². The number of hydrogen-bond donors (Lipinski definition) is 0. The van der Waals surface area contributed by atoms with Crippen molar-refractivity contribution in [2.75, 3.05) is 4.90 Å². The summed E-state index contributed by atoms with van der Waals surface area (Å²) in [6, 6.07) is 64.7. The summed E-state index contributed by atoms with van der Waals surface area (Å²) in [4.78, 5) is 2.44. The quantitative estimate of drug-likeness (QED) is 0.176. The lowest BCUT2D eigenvalue weighted by Crippen LogP contribution is -2.14. The molecule has 51 heavy (non-hydrogen) atoms. The van der Waals surface area contributed by atoms with Crippen molar-refractivity contribution in [1.82, 2.24) is 0 Å². The monoisotopic (exact) mass is 669 g/mol. The maximum absolute atomic E-state index is 2.44. The third kappa shape index (κ3) is 4.67. The minimum atomic E-state index is -0.0289. The van der Waals surface area contributed by atoms with Crippen LogP contribution in [0.15, 0.2) is 176 Å². The Kier molecular flexibility index (Phi) is 6.78. The molecule has 0 aliphatic heterocycles. The minimum Gasteiger partial charge on any atom is -0.309 e. The van der Waals surface area contributed by atoms with Crippen LogP contribution in [0.2, 0.25) is 0 Å². The van der Waals surface area contributed by atoms with Gasteiger partial charge in [0.25, 0.3) is 0 Å². The van der Waals surface area contributed by atoms with Gasteiger partial charge in [-0.05, 0) is 85.6 Å². The molecular weight excluding hydrogens is 635 g/mol. The molecule has 10 rings (SSSR count). The summed E-state index contributed by atoms with van der Waals surface area (Å²) in [6.45, 7) is 4.70. The molecule has 0 amide bonds. The zero-order chi connectivity index (χ0) is 34.1. The summed E-state index contributed by atoms with van der Waals surface area (Å²) < 4.78 is 2.63. The number of nitrogens with zero attached hydrogens (tertiary/aromatic N) is 1. The van der Waals surface area contributed by atoms with Crippen LogP contribution in [0.5, 0.6) is 0 Å². The van der Waals surface area contributed by atoms with Crippen molar-refractivity contribution in [3.63, 3.8) is 0 Å². The molecule has 1 aromatic heterocycles. The third-order valence-corrected chi connectivity index (χ3v) is 12.2. The second kappa shape index (κ2) is 11.6. The Balaban J connectivity index is 1.14. The van der Waals surface area contributed by atoms with Gasteiger partial charge in [0, 0.05) is 32.3 Å². The van der Waals surface area contributed by atoms with E-state index in [9.17, 15) is 0 Å². The van der Waals surface area contributed by atoms with Crippen molar-refractivity contribution < 1.29 is 0 Å². The molecule has 0 saturated carbocycles. The van der Waals surface area contributed by atoms with E-state index in [-0.39, 0.29) is 5.41 Å². The van der Waals surface area contributed by atoms with Gasteiger partial charge in [-0.25, -0.2) is 0 Å². The van der Waals surface area contributed by atoms with Gasteiger partial charge in [0.1, 0.15) is 0 Å². The Bertz CT molecular complexity index is 2750. The first-order valence-corrected chi connectivity index (χ1v) is 18.5. The SMILES string of the molecule is CC1(C)c2ccccc2-c2c(-c3ccc(N(c4ccc(-c5ccccc5)cc4)c4cccc5c4sc4c6ccccc6ccc54)cc3)cccc21. The fourth-order valence-electron chi connectivity index (χ4n) is 8.33. The number of fused-ring (bicyclic) bond motifs is 8. The molecule has 0 spiro atoms. The van der Waals surface area contributed by atoms with E-state index in [1.165, 1.54) is 81.1 Å². The molecule has 0 bridgehead atoms. The Morgan fingerprint density at radius 3 is 1.80 bits per heavy atom. The molecule has 1 heterocycles. The van der Waals surface area contributed by atoms with E-state index >= 15 is 0 Å². The van der Waals surface area contributed by atoms with Gasteiger partial charge < -0.3 is 4.90 Å². The summed E-state index contributed by atoms with van der Waals surface area (Å²) >= 11 is 1.90. The van der Waals surface area contributed by atoms with E-state index in [1.54, 1.807) is 0 Å². The average molecular weight is 670 g/mol. The highest BCUT2D eigenvalue weighted by atomic mass is 32.1. The first-order valence-electron chi connectivity index (χ1n) is 17.7. The lowest BCUT2D eigenvalue weighted by molar-refractivity contribution is 0.660. The van der Waals surface area contributed by atoms with E-state index in [2.05, 4.69) is 195 Å². The number of anilines is 3. The second-order valence-corrected chi connectivity index (χ2v) is 15.1. The first-order chi connectivity index (χ1) is 25.1. The van der Waals surface area contributed by atoms with E-state index in [4.69, 9.17) is 0 Å². The average Bonchev–Trinajstić information content (AvgIpc) is 3.69. The van der Waals surface area contributed by atoms with Crippen LogP contribution in [-0.4, -0.2) is 0 Å². The van der Waals surface area contributed by atoms with Crippen molar-refractivity contribution in [3.8, 4) is 33.4 Å². The van der Waals surface area contributed by atoms with Gasteiger partial charge in [-0.3, -0.25) is 0 Å². The van der Waals surface area contributed by atoms with Crippen LogP contribution in [0, 0.1) is 0 Å². The van der Waals surface area contributed by atoms with Gasteiger partial charge in [0.2, 0.25) is 0 Å². The molecule has 242 valence electrons. The summed E-state index contributed by atoms with van der Waals surface area (Å²) in [5.41, 5.74) is 13.9. The molecule has 1 aliphatic rings. The van der Waals surface area contributed by atoms with Gasteiger partial charge in [-0.15, -0.1) is 11.3 Å². The molecule has 0 saturated heterocycles. The molecule has 0 N–H and O–H groups in total. The second-order valence-electron chi connectivity index (χ2n) is 14.1. The fraction of sp³-hybridized carbons (Fsp3) is 0.0612. The van der Waals surface area contributed by atoms with E-state index < -0.39 is 0 Å². The van der Waals surface area contributed by atoms with Gasteiger partial charge in [-0.2, -0.15) is 0 Å². The van der Waals surface area contributed by atoms with Crippen LogP contribution >= 0.6 is 11.3 Å². The van der Waals surface area contributed by atoms with Crippen LogP contribution in [0.3, 0.4) is 0 Å². The zero-order valence-corrected chi connectivity index (χ0v) is 29.4. The van der Waals surface area contributed by atoms with Gasteiger partial charge in [-0.1, -0.05) is 159 Å². The van der Waals surface area contributed by atoms with Crippen molar-refractivity contribution in [2.24, 2.45) is 0 Å². The highest BCUT2D eigenvalue weighted by Gasteiger charge is 2.36. The summed E-state index contributed by atoms with van der Waals surface area (Å²) in [5, 5.41) is 5.19. The molecule has 1 aliphatic carbocycles. The predicted molar refractivity (Wildman–Crippen MR) is 220 cm³/mol. The molecule has 8 aromatic carbocycles. The van der Waals surface area contributed by atoms with E-state index in [1.807, 2.05) is 11.3 Å². The van der Waals surface area contributed by atoms with Gasteiger partial charge in [0.15, 0.2) is 0 Å². The van der Waals surface area contributed by atoms with Gasteiger partial charge >= 0.3 is 0 Å². The van der Waals surface area contributed by atoms with Crippen molar-refractivity contribution in [3.05, 3.63) is 187 Å². The molecule has 0 fully saturated rings. The third-order valence-electron chi connectivity index (χ3n) is 10.9. The van der Waals surface area contributed by atoms with E-state index in [0.717, 1.165) is 11.4 Å². The molecular formula is C49H35NS. The molecule has 0 unspecified atom stereocenters. The van der Waals surface area contributed by atoms with Crippen LogP contribution in [0.1, 0.15) is 25.0 Å². The lowest BCUT2D eigenvalue weighted by Gasteiger charge is -2.26. The highest BCUT2D eigenvalue weighted by Crippen LogP contribution is 2.52. The molecule has 2 heteroatoms. The lowest BCUT2D eigenvalue weighted by atomic mass is 9.82. The first kappa shape index (κ1) is 29.9. The largest absolute Gasteiger partial charge is 0.309 e. The van der Waals surface area contributed by atoms with Crippen molar-refractivity contribution in [2.45, 2.75) is 19.3 Å². The topological polar surface area (TPSA) is 3.24 Å². The summed E-state index contributed by atoms with van der Waals surface area (Å²) in [7, 11) is 0. The van der Waals surface area contributed by atoms with Crippen LogP contribution in [0.4, 0.5) is 17.1 Å².